The smallest absolute Gasteiger partial charge is 0.309 e. The van der Waals surface area contributed by atoms with E-state index in [0.717, 1.165) is 24.2 Å². The van der Waals surface area contributed by atoms with Gasteiger partial charge in [-0.3, -0.25) is 9.59 Å². The SMILES string of the molecule is O=C(NC[C@@H](c1ccco1)S(=O)(=O)c1cccs1)C(=O)NC1CC1. The van der Waals surface area contributed by atoms with Gasteiger partial charge in [0.15, 0.2) is 9.84 Å². The van der Waals surface area contributed by atoms with Crippen molar-refractivity contribution in [3.63, 3.8) is 0 Å². The molecule has 3 rings (SSSR count). The third-order valence-electron chi connectivity index (χ3n) is 3.58. The maximum atomic E-state index is 12.8. The molecule has 1 fully saturated rings. The second-order valence-corrected chi connectivity index (χ2v) is 8.74. The Labute approximate surface area is 143 Å². The van der Waals surface area contributed by atoms with Gasteiger partial charge in [-0.2, -0.15) is 0 Å². The fourth-order valence-electron chi connectivity index (χ4n) is 2.15. The summed E-state index contributed by atoms with van der Waals surface area (Å²) in [4.78, 5) is 23.5. The van der Waals surface area contributed by atoms with Gasteiger partial charge in [-0.1, -0.05) is 6.07 Å². The fourth-order valence-corrected chi connectivity index (χ4v) is 4.94. The summed E-state index contributed by atoms with van der Waals surface area (Å²) in [6, 6.07) is 6.30. The number of thiophene rings is 1. The molecule has 2 N–H and O–H groups in total. The Morgan fingerprint density at radius 2 is 2.04 bits per heavy atom. The predicted molar refractivity (Wildman–Crippen MR) is 87.1 cm³/mol. The van der Waals surface area contributed by atoms with Crippen molar-refractivity contribution >= 4 is 33.0 Å². The van der Waals surface area contributed by atoms with Crippen LogP contribution >= 0.6 is 11.3 Å². The van der Waals surface area contributed by atoms with Crippen molar-refractivity contribution in [2.45, 2.75) is 28.3 Å². The average Bonchev–Trinajstić information content (AvgIpc) is 3.03. The molecule has 0 radical (unpaired) electrons. The van der Waals surface area contributed by atoms with Crippen molar-refractivity contribution in [2.24, 2.45) is 0 Å². The Morgan fingerprint density at radius 3 is 2.62 bits per heavy atom. The zero-order valence-corrected chi connectivity index (χ0v) is 14.2. The largest absolute Gasteiger partial charge is 0.468 e. The molecule has 2 aromatic heterocycles. The number of amides is 2. The monoisotopic (exact) mass is 368 g/mol. The van der Waals surface area contributed by atoms with Crippen LogP contribution < -0.4 is 10.6 Å². The second kappa shape index (κ2) is 6.78. The molecule has 0 aromatic carbocycles. The van der Waals surface area contributed by atoms with Crippen LogP contribution in [0.25, 0.3) is 0 Å². The van der Waals surface area contributed by atoms with Crippen molar-refractivity contribution in [1.82, 2.24) is 10.6 Å². The molecule has 1 aliphatic carbocycles. The van der Waals surface area contributed by atoms with Gasteiger partial charge in [0.1, 0.15) is 15.2 Å². The summed E-state index contributed by atoms with van der Waals surface area (Å²) >= 11 is 1.09. The van der Waals surface area contributed by atoms with Gasteiger partial charge in [-0.05, 0) is 36.4 Å². The van der Waals surface area contributed by atoms with Crippen molar-refractivity contribution < 1.29 is 22.4 Å². The predicted octanol–water partition coefficient (Wildman–Crippen LogP) is 1.25. The topological polar surface area (TPSA) is 105 Å². The number of carbonyl (C=O) groups is 2. The van der Waals surface area contributed by atoms with E-state index in [9.17, 15) is 18.0 Å². The van der Waals surface area contributed by atoms with E-state index in [4.69, 9.17) is 4.42 Å². The first-order valence-electron chi connectivity index (χ1n) is 7.38. The lowest BCUT2D eigenvalue weighted by molar-refractivity contribution is -0.139. The van der Waals surface area contributed by atoms with Gasteiger partial charge < -0.3 is 15.1 Å². The molecular weight excluding hydrogens is 352 g/mol. The van der Waals surface area contributed by atoms with Gasteiger partial charge in [0.05, 0.1) is 6.26 Å². The zero-order valence-electron chi connectivity index (χ0n) is 12.6. The van der Waals surface area contributed by atoms with Crippen molar-refractivity contribution in [3.8, 4) is 0 Å². The maximum absolute atomic E-state index is 12.8. The van der Waals surface area contributed by atoms with Crippen LogP contribution in [-0.4, -0.2) is 32.8 Å². The Kier molecular flexibility index (Phi) is 4.72. The van der Waals surface area contributed by atoms with Crippen LogP contribution in [0, 0.1) is 0 Å². The highest BCUT2D eigenvalue weighted by atomic mass is 32.2. The Balaban J connectivity index is 1.74. The van der Waals surface area contributed by atoms with Gasteiger partial charge in [-0.15, -0.1) is 11.3 Å². The molecule has 1 atom stereocenters. The van der Waals surface area contributed by atoms with E-state index in [1.165, 1.54) is 18.4 Å². The zero-order chi connectivity index (χ0) is 17.2. The molecule has 0 unspecified atom stereocenters. The van der Waals surface area contributed by atoms with E-state index in [1.807, 2.05) is 0 Å². The van der Waals surface area contributed by atoms with Gasteiger partial charge in [-0.25, -0.2) is 8.42 Å². The lowest BCUT2D eigenvalue weighted by atomic mass is 10.3. The number of carbonyl (C=O) groups excluding carboxylic acids is 2. The molecule has 0 bridgehead atoms. The van der Waals surface area contributed by atoms with Gasteiger partial charge in [0.25, 0.3) is 0 Å². The van der Waals surface area contributed by atoms with Crippen LogP contribution in [0.4, 0.5) is 0 Å². The minimum atomic E-state index is -3.73. The molecule has 0 aliphatic heterocycles. The summed E-state index contributed by atoms with van der Waals surface area (Å²) in [5.41, 5.74) is 0. The van der Waals surface area contributed by atoms with Gasteiger partial charge >= 0.3 is 11.8 Å². The summed E-state index contributed by atoms with van der Waals surface area (Å²) in [6.07, 6.45) is 3.09. The summed E-state index contributed by atoms with van der Waals surface area (Å²) in [7, 11) is -3.73. The molecule has 2 heterocycles. The summed E-state index contributed by atoms with van der Waals surface area (Å²) in [6.45, 7) is -0.245. The van der Waals surface area contributed by atoms with E-state index < -0.39 is 26.9 Å². The minimum Gasteiger partial charge on any atom is -0.468 e. The molecule has 1 aliphatic rings. The van der Waals surface area contributed by atoms with E-state index in [0.29, 0.717) is 0 Å². The van der Waals surface area contributed by atoms with Crippen LogP contribution in [0.2, 0.25) is 0 Å². The highest BCUT2D eigenvalue weighted by Crippen LogP contribution is 2.31. The summed E-state index contributed by atoms with van der Waals surface area (Å²) < 4.78 is 30.9. The van der Waals surface area contributed by atoms with Crippen molar-refractivity contribution in [2.75, 3.05) is 6.54 Å². The first-order chi connectivity index (χ1) is 11.5. The van der Waals surface area contributed by atoms with Gasteiger partial charge in [0.2, 0.25) is 0 Å². The summed E-state index contributed by atoms with van der Waals surface area (Å²) in [5, 5.41) is 5.51. The molecular formula is C15H16N2O5S2. The van der Waals surface area contributed by atoms with Crippen LogP contribution in [0.1, 0.15) is 23.9 Å². The highest BCUT2D eigenvalue weighted by molar-refractivity contribution is 7.93. The van der Waals surface area contributed by atoms with Crippen LogP contribution in [-0.2, 0) is 19.4 Å². The van der Waals surface area contributed by atoms with Crippen molar-refractivity contribution in [3.05, 3.63) is 41.7 Å². The fraction of sp³-hybridized carbons (Fsp3) is 0.333. The lowest BCUT2D eigenvalue weighted by Crippen LogP contribution is -2.42. The second-order valence-electron chi connectivity index (χ2n) is 5.44. The van der Waals surface area contributed by atoms with E-state index in [2.05, 4.69) is 10.6 Å². The van der Waals surface area contributed by atoms with E-state index in [-0.39, 0.29) is 22.6 Å². The molecule has 9 heteroatoms. The normalized spacial score (nSPS) is 15.7. The maximum Gasteiger partial charge on any atom is 0.309 e. The molecule has 24 heavy (non-hydrogen) atoms. The molecule has 2 amide bonds. The third kappa shape index (κ3) is 3.68. The average molecular weight is 368 g/mol. The number of furan rings is 1. The first kappa shape index (κ1) is 16.7. The molecule has 128 valence electrons. The Morgan fingerprint density at radius 1 is 1.25 bits per heavy atom. The Bertz CT molecular complexity index is 808. The van der Waals surface area contributed by atoms with Crippen LogP contribution in [0.5, 0.6) is 0 Å². The highest BCUT2D eigenvalue weighted by Gasteiger charge is 2.33. The standard InChI is InChI=1S/C15H16N2O5S2/c18-14(15(19)17-10-5-6-10)16-9-12(11-3-1-7-22-11)24(20,21)13-4-2-8-23-13/h1-4,7-8,10,12H,5-6,9H2,(H,16,18)(H,17,19)/t12-/m0/s1. The summed E-state index contributed by atoms with van der Waals surface area (Å²) in [5.74, 6) is -1.38. The molecule has 0 spiro atoms. The third-order valence-corrected chi connectivity index (χ3v) is 7.07. The van der Waals surface area contributed by atoms with Crippen LogP contribution in [0.3, 0.4) is 0 Å². The Hall–Kier alpha value is -2.13. The van der Waals surface area contributed by atoms with E-state index >= 15 is 0 Å². The first-order valence-corrected chi connectivity index (χ1v) is 9.80. The molecule has 0 saturated heterocycles. The number of nitrogens with one attached hydrogen (secondary N) is 2. The number of hydrogen-bond donors (Lipinski definition) is 2. The van der Waals surface area contributed by atoms with Crippen molar-refractivity contribution in [1.29, 1.82) is 0 Å². The lowest BCUT2D eigenvalue weighted by Gasteiger charge is -2.15. The number of rotatable bonds is 6. The molecule has 2 aromatic rings. The number of sulfone groups is 1. The van der Waals surface area contributed by atoms with E-state index in [1.54, 1.807) is 17.5 Å². The molecule has 7 nitrogen and oxygen atoms in total. The van der Waals surface area contributed by atoms with Crippen LogP contribution in [0.15, 0.2) is 44.5 Å². The quantitative estimate of drug-likeness (QED) is 0.747. The number of hydrogen-bond acceptors (Lipinski definition) is 6. The van der Waals surface area contributed by atoms with Gasteiger partial charge in [0, 0.05) is 12.6 Å². The molecule has 1 saturated carbocycles. The minimum absolute atomic E-state index is 0.0546.